The number of aromatic nitrogens is 1. The zero-order valence-corrected chi connectivity index (χ0v) is 19.6. The molecule has 7 heteroatoms. The largest absolute Gasteiger partial charge is 0.366 e. The maximum absolute atomic E-state index is 13.3. The zero-order valence-electron chi connectivity index (χ0n) is 19.6. The Morgan fingerprint density at radius 3 is 2.30 bits per heavy atom. The van der Waals surface area contributed by atoms with E-state index in [-0.39, 0.29) is 12.0 Å². The van der Waals surface area contributed by atoms with Gasteiger partial charge in [0, 0.05) is 18.3 Å². The van der Waals surface area contributed by atoms with E-state index in [4.69, 9.17) is 11.5 Å². The van der Waals surface area contributed by atoms with E-state index in [1.165, 1.54) is 17.7 Å². The van der Waals surface area contributed by atoms with Crippen LogP contribution in [0.4, 0.5) is 10.2 Å². The van der Waals surface area contributed by atoms with E-state index < -0.39 is 0 Å². The third-order valence-electron chi connectivity index (χ3n) is 4.74. The number of hydrogen-bond acceptors (Lipinski definition) is 6. The lowest BCUT2D eigenvalue weighted by molar-refractivity contribution is 0.614. The Bertz CT molecular complexity index is 987. The van der Waals surface area contributed by atoms with Crippen LogP contribution in [-0.4, -0.2) is 17.7 Å². The lowest BCUT2D eigenvalue weighted by Crippen LogP contribution is -2.38. The van der Waals surface area contributed by atoms with Crippen LogP contribution in [-0.2, 0) is 6.54 Å². The number of rotatable bonds is 6. The molecule has 0 amide bonds. The zero-order chi connectivity index (χ0) is 24.1. The Morgan fingerprint density at radius 2 is 1.67 bits per heavy atom. The Morgan fingerprint density at radius 1 is 1.00 bits per heavy atom. The highest BCUT2D eigenvalue weighted by Crippen LogP contribution is 2.30. The van der Waals surface area contributed by atoms with Crippen molar-refractivity contribution in [2.24, 2.45) is 11.5 Å². The molecule has 33 heavy (non-hydrogen) atoms. The molecule has 1 aliphatic heterocycles. The highest BCUT2D eigenvalue weighted by molar-refractivity contribution is 5.94. The lowest BCUT2D eigenvalue weighted by atomic mass is 9.99. The lowest BCUT2D eigenvalue weighted by Gasteiger charge is -2.12. The molecule has 0 spiro atoms. The van der Waals surface area contributed by atoms with Crippen molar-refractivity contribution >= 4 is 17.1 Å². The van der Waals surface area contributed by atoms with Crippen LogP contribution in [0.1, 0.15) is 43.9 Å². The molecule has 1 atom stereocenters. The molecular weight excluding hydrogens is 415 g/mol. The van der Waals surface area contributed by atoms with Crippen LogP contribution in [0.3, 0.4) is 0 Å². The van der Waals surface area contributed by atoms with Crippen LogP contribution in [0.5, 0.6) is 0 Å². The number of nitrogens with two attached hydrogens (primary N) is 2. The number of hydrazine groups is 1. The first kappa shape index (κ1) is 26.0. The van der Waals surface area contributed by atoms with Gasteiger partial charge >= 0.3 is 0 Å². The molecule has 1 aliphatic rings. The van der Waals surface area contributed by atoms with Crippen molar-refractivity contribution in [3.8, 4) is 0 Å². The number of halogens is 1. The summed E-state index contributed by atoms with van der Waals surface area (Å²) in [5, 5.41) is 3.34. The molecule has 1 aromatic heterocycles. The van der Waals surface area contributed by atoms with Gasteiger partial charge in [0.2, 0.25) is 0 Å². The molecule has 7 N–H and O–H groups in total. The third kappa shape index (κ3) is 7.68. The van der Waals surface area contributed by atoms with Gasteiger partial charge in [0.05, 0.1) is 5.70 Å². The second kappa shape index (κ2) is 14.0. The Kier molecular flexibility index (Phi) is 11.0. The van der Waals surface area contributed by atoms with E-state index in [1.807, 2.05) is 44.2 Å². The monoisotopic (exact) mass is 450 g/mol. The second-order valence-electron chi connectivity index (χ2n) is 7.10. The summed E-state index contributed by atoms with van der Waals surface area (Å²) in [6, 6.07) is 20.4. The number of hydrogen-bond donors (Lipinski definition) is 5. The van der Waals surface area contributed by atoms with E-state index in [1.54, 1.807) is 18.3 Å². The minimum Gasteiger partial charge on any atom is -0.366 e. The van der Waals surface area contributed by atoms with E-state index in [0.717, 1.165) is 41.2 Å². The van der Waals surface area contributed by atoms with Crippen molar-refractivity contribution in [1.29, 1.82) is 0 Å². The molecule has 0 bridgehead atoms. The first-order valence-electron chi connectivity index (χ1n) is 11.3. The van der Waals surface area contributed by atoms with Gasteiger partial charge in [-0.3, -0.25) is 0 Å². The van der Waals surface area contributed by atoms with Gasteiger partial charge in [0.1, 0.15) is 17.8 Å². The van der Waals surface area contributed by atoms with Crippen molar-refractivity contribution in [2.75, 3.05) is 11.9 Å². The molecule has 1 unspecified atom stereocenters. The van der Waals surface area contributed by atoms with Gasteiger partial charge in [-0.25, -0.2) is 14.8 Å². The number of anilines is 1. The van der Waals surface area contributed by atoms with Gasteiger partial charge in [-0.05, 0) is 66.1 Å². The van der Waals surface area contributed by atoms with E-state index >= 15 is 0 Å². The van der Waals surface area contributed by atoms with Crippen molar-refractivity contribution < 1.29 is 4.39 Å². The van der Waals surface area contributed by atoms with Crippen molar-refractivity contribution in [3.63, 3.8) is 0 Å². The van der Waals surface area contributed by atoms with Crippen LogP contribution in [0.15, 0.2) is 72.9 Å². The number of benzene rings is 2. The van der Waals surface area contributed by atoms with Crippen LogP contribution in [0.2, 0.25) is 0 Å². The van der Waals surface area contributed by atoms with E-state index in [0.29, 0.717) is 6.54 Å². The Hall–Kier alpha value is -3.26. The maximum atomic E-state index is 13.3. The first-order chi connectivity index (χ1) is 16.1. The van der Waals surface area contributed by atoms with E-state index in [9.17, 15) is 4.39 Å². The summed E-state index contributed by atoms with van der Waals surface area (Å²) in [4.78, 5) is 4.40. The fraction of sp³-hybridized carbons (Fsp3) is 0.269. The van der Waals surface area contributed by atoms with Gasteiger partial charge in [0.15, 0.2) is 0 Å². The molecule has 0 aliphatic carbocycles. The fourth-order valence-electron chi connectivity index (χ4n) is 3.10. The highest BCUT2D eigenvalue weighted by Gasteiger charge is 2.24. The first-order valence-corrected chi connectivity index (χ1v) is 11.3. The van der Waals surface area contributed by atoms with Gasteiger partial charge < -0.3 is 22.2 Å². The summed E-state index contributed by atoms with van der Waals surface area (Å²) in [6.45, 7) is 7.56. The van der Waals surface area contributed by atoms with Crippen molar-refractivity contribution in [3.05, 3.63) is 95.4 Å². The SMILES string of the molecule is CC.CCCN.NC1NNC(c2ccc(F)cc2)=C1c1ccnc(NCc2ccccc2)c1. The predicted molar refractivity (Wildman–Crippen MR) is 136 cm³/mol. The van der Waals surface area contributed by atoms with E-state index in [2.05, 4.69) is 40.2 Å². The summed E-state index contributed by atoms with van der Waals surface area (Å²) in [7, 11) is 0. The second-order valence-corrected chi connectivity index (χ2v) is 7.10. The number of nitrogens with one attached hydrogen (secondary N) is 3. The molecule has 0 radical (unpaired) electrons. The van der Waals surface area contributed by atoms with Crippen LogP contribution in [0.25, 0.3) is 11.3 Å². The Balaban J connectivity index is 0.000000582. The summed E-state index contributed by atoms with van der Waals surface area (Å²) < 4.78 is 13.3. The standard InChI is InChI=1S/C21H20FN5.C3H9N.C2H6/c22-17-8-6-15(7-9-17)20-19(21(23)27-26-20)16-10-11-24-18(12-16)25-13-14-4-2-1-3-5-14;1-2-3-4;1-2/h1-12,21,26-27H,13,23H2,(H,24,25);2-4H2,1H3;1-2H3. The average Bonchev–Trinajstić information content (AvgIpc) is 3.26. The van der Waals surface area contributed by atoms with Gasteiger partial charge in [-0.2, -0.15) is 0 Å². The highest BCUT2D eigenvalue weighted by atomic mass is 19.1. The van der Waals surface area contributed by atoms with Crippen LogP contribution in [0, 0.1) is 5.82 Å². The van der Waals surface area contributed by atoms with Gasteiger partial charge in [-0.1, -0.05) is 51.1 Å². The molecule has 3 aromatic rings. The Labute approximate surface area is 196 Å². The molecule has 176 valence electrons. The molecular formula is C26H35FN6. The number of pyridine rings is 1. The predicted octanol–water partition coefficient (Wildman–Crippen LogP) is 4.48. The average molecular weight is 451 g/mol. The molecule has 2 aromatic carbocycles. The summed E-state index contributed by atoms with van der Waals surface area (Å²) in [5.41, 5.74) is 22.1. The summed E-state index contributed by atoms with van der Waals surface area (Å²) >= 11 is 0. The quantitative estimate of drug-likeness (QED) is 0.380. The molecule has 2 heterocycles. The summed E-state index contributed by atoms with van der Waals surface area (Å²) in [5.74, 6) is 0.494. The topological polar surface area (TPSA) is 101 Å². The maximum Gasteiger partial charge on any atom is 0.126 e. The minimum atomic E-state index is -0.380. The normalized spacial score (nSPS) is 14.4. The van der Waals surface area contributed by atoms with Crippen molar-refractivity contribution in [2.45, 2.75) is 39.9 Å². The van der Waals surface area contributed by atoms with Crippen molar-refractivity contribution in [1.82, 2.24) is 15.8 Å². The fourth-order valence-corrected chi connectivity index (χ4v) is 3.10. The van der Waals surface area contributed by atoms with Gasteiger partial charge in [-0.15, -0.1) is 0 Å². The molecule has 0 saturated carbocycles. The van der Waals surface area contributed by atoms with Crippen LogP contribution >= 0.6 is 0 Å². The van der Waals surface area contributed by atoms with Crippen LogP contribution < -0.4 is 27.6 Å². The molecule has 0 saturated heterocycles. The third-order valence-corrected chi connectivity index (χ3v) is 4.74. The molecule has 0 fully saturated rings. The smallest absolute Gasteiger partial charge is 0.126 e. The summed E-state index contributed by atoms with van der Waals surface area (Å²) in [6.07, 6.45) is 2.47. The molecule has 6 nitrogen and oxygen atoms in total. The minimum absolute atomic E-state index is 0.271. The molecule has 4 rings (SSSR count). The number of nitrogens with zero attached hydrogens (tertiary/aromatic N) is 1. The van der Waals surface area contributed by atoms with Gasteiger partial charge in [0.25, 0.3) is 0 Å².